The minimum Gasteiger partial charge on any atom is -0.466 e. The van der Waals surface area contributed by atoms with E-state index in [0.717, 1.165) is 25.8 Å². The maximum atomic E-state index is 11.5. The van der Waals surface area contributed by atoms with Crippen LogP contribution in [-0.2, 0) is 16.0 Å². The van der Waals surface area contributed by atoms with E-state index in [0.29, 0.717) is 19.1 Å². The number of nitrogens with one attached hydrogen (secondary N) is 1. The van der Waals surface area contributed by atoms with E-state index in [2.05, 4.69) is 17.4 Å². The van der Waals surface area contributed by atoms with Crippen molar-refractivity contribution in [2.24, 2.45) is 0 Å². The molecule has 0 radical (unpaired) electrons. The molecule has 2 rings (SSSR count). The number of aryl methyl sites for hydroxylation is 1. The van der Waals surface area contributed by atoms with E-state index < -0.39 is 0 Å². The lowest BCUT2D eigenvalue weighted by molar-refractivity contribution is -0.144. The van der Waals surface area contributed by atoms with Gasteiger partial charge in [-0.2, -0.15) is 0 Å². The summed E-state index contributed by atoms with van der Waals surface area (Å²) >= 11 is 0. The Bertz CT molecular complexity index is 358. The van der Waals surface area contributed by atoms with Gasteiger partial charge in [-0.25, -0.2) is 0 Å². The van der Waals surface area contributed by atoms with E-state index in [9.17, 15) is 4.79 Å². The van der Waals surface area contributed by atoms with Crippen LogP contribution in [-0.4, -0.2) is 25.2 Å². The fourth-order valence-electron chi connectivity index (χ4n) is 2.30. The van der Waals surface area contributed by atoms with Gasteiger partial charge in [-0.1, -0.05) is 30.3 Å². The van der Waals surface area contributed by atoms with Crippen LogP contribution in [0.3, 0.4) is 0 Å². The zero-order valence-corrected chi connectivity index (χ0v) is 10.7. The molecule has 0 saturated carbocycles. The molecule has 1 aliphatic heterocycles. The molecule has 1 heterocycles. The predicted molar refractivity (Wildman–Crippen MR) is 71.4 cm³/mol. The number of carbonyl (C=O) groups excluding carboxylic acids is 1. The summed E-state index contributed by atoms with van der Waals surface area (Å²) in [5, 5.41) is 3.30. The molecule has 1 aliphatic rings. The lowest BCUT2D eigenvalue weighted by atomic mass is 10.1. The Morgan fingerprint density at radius 2 is 2.17 bits per heavy atom. The van der Waals surface area contributed by atoms with Gasteiger partial charge < -0.3 is 10.1 Å². The van der Waals surface area contributed by atoms with Gasteiger partial charge in [0.1, 0.15) is 0 Å². The molecule has 1 saturated heterocycles. The monoisotopic (exact) mass is 247 g/mol. The van der Waals surface area contributed by atoms with Gasteiger partial charge in [0.15, 0.2) is 0 Å². The van der Waals surface area contributed by atoms with Crippen LogP contribution in [0.2, 0.25) is 0 Å². The van der Waals surface area contributed by atoms with Gasteiger partial charge in [0.25, 0.3) is 0 Å². The van der Waals surface area contributed by atoms with E-state index in [1.165, 1.54) is 12.0 Å². The maximum absolute atomic E-state index is 11.5. The van der Waals surface area contributed by atoms with Gasteiger partial charge >= 0.3 is 5.97 Å². The summed E-state index contributed by atoms with van der Waals surface area (Å²) in [4.78, 5) is 11.5. The van der Waals surface area contributed by atoms with Crippen molar-refractivity contribution in [2.45, 2.75) is 38.1 Å². The summed E-state index contributed by atoms with van der Waals surface area (Å²) in [6, 6.07) is 10.6. The molecule has 0 amide bonds. The first-order valence-electron chi connectivity index (χ1n) is 6.77. The lowest BCUT2D eigenvalue weighted by Gasteiger charge is -2.09. The molecule has 0 aliphatic carbocycles. The summed E-state index contributed by atoms with van der Waals surface area (Å²) in [6.07, 6.45) is 4.65. The predicted octanol–water partition coefficient (Wildman–Crippen LogP) is 2.30. The number of ether oxygens (including phenoxy) is 1. The second kappa shape index (κ2) is 7.17. The molecular weight excluding hydrogens is 226 g/mol. The van der Waals surface area contributed by atoms with Crippen LogP contribution < -0.4 is 5.32 Å². The van der Waals surface area contributed by atoms with Crippen LogP contribution in [0.1, 0.15) is 31.2 Å². The molecule has 1 fully saturated rings. The summed E-state index contributed by atoms with van der Waals surface area (Å²) in [5.74, 6) is -0.0672. The van der Waals surface area contributed by atoms with Crippen molar-refractivity contribution < 1.29 is 9.53 Å². The molecule has 18 heavy (non-hydrogen) atoms. The number of carbonyl (C=O) groups is 1. The zero-order valence-electron chi connectivity index (χ0n) is 10.7. The molecule has 3 nitrogen and oxygen atoms in total. The Hall–Kier alpha value is -1.35. The highest BCUT2D eigenvalue weighted by Gasteiger charge is 2.18. The maximum Gasteiger partial charge on any atom is 0.307 e. The molecule has 1 atom stereocenters. The van der Waals surface area contributed by atoms with Crippen LogP contribution >= 0.6 is 0 Å². The van der Waals surface area contributed by atoms with Gasteiger partial charge in [-0.05, 0) is 37.8 Å². The van der Waals surface area contributed by atoms with E-state index in [1.807, 2.05) is 18.2 Å². The zero-order chi connectivity index (χ0) is 12.6. The Balaban J connectivity index is 1.56. The van der Waals surface area contributed by atoms with Gasteiger partial charge in [0, 0.05) is 6.04 Å². The van der Waals surface area contributed by atoms with Crippen molar-refractivity contribution in [3.8, 4) is 0 Å². The molecule has 0 bridgehead atoms. The van der Waals surface area contributed by atoms with Gasteiger partial charge in [0.05, 0.1) is 13.0 Å². The first kappa shape index (κ1) is 13.1. The molecule has 1 unspecified atom stereocenters. The number of hydrogen-bond acceptors (Lipinski definition) is 3. The summed E-state index contributed by atoms with van der Waals surface area (Å²) < 4.78 is 5.25. The molecule has 1 aromatic carbocycles. The summed E-state index contributed by atoms with van der Waals surface area (Å²) in [7, 11) is 0. The number of hydrogen-bond donors (Lipinski definition) is 1. The minimum absolute atomic E-state index is 0.0672. The first-order valence-corrected chi connectivity index (χ1v) is 6.77. The topological polar surface area (TPSA) is 38.3 Å². The van der Waals surface area contributed by atoms with E-state index in [4.69, 9.17) is 4.74 Å². The number of rotatable bonds is 6. The van der Waals surface area contributed by atoms with E-state index >= 15 is 0 Å². The SMILES string of the molecule is O=C(CC1CCCN1)OCCCc1ccccc1. The van der Waals surface area contributed by atoms with Crippen molar-refractivity contribution in [3.63, 3.8) is 0 Å². The largest absolute Gasteiger partial charge is 0.466 e. The van der Waals surface area contributed by atoms with Crippen LogP contribution in [0.5, 0.6) is 0 Å². The minimum atomic E-state index is -0.0672. The van der Waals surface area contributed by atoms with Crippen molar-refractivity contribution >= 4 is 5.97 Å². The second-order valence-corrected chi connectivity index (χ2v) is 4.81. The molecular formula is C15H21NO2. The summed E-state index contributed by atoms with van der Waals surface area (Å²) in [5.41, 5.74) is 1.30. The number of esters is 1. The van der Waals surface area contributed by atoms with Crippen LogP contribution in [0.15, 0.2) is 30.3 Å². The Morgan fingerprint density at radius 3 is 2.89 bits per heavy atom. The third-order valence-electron chi connectivity index (χ3n) is 3.29. The van der Waals surface area contributed by atoms with Gasteiger partial charge in [-0.15, -0.1) is 0 Å². The molecule has 98 valence electrons. The highest BCUT2D eigenvalue weighted by molar-refractivity contribution is 5.70. The third kappa shape index (κ3) is 4.49. The molecule has 0 aromatic heterocycles. The molecule has 1 N–H and O–H groups in total. The fourth-order valence-corrected chi connectivity index (χ4v) is 2.30. The Kier molecular flexibility index (Phi) is 5.21. The average molecular weight is 247 g/mol. The lowest BCUT2D eigenvalue weighted by Crippen LogP contribution is -2.25. The second-order valence-electron chi connectivity index (χ2n) is 4.81. The standard InChI is InChI=1S/C15H21NO2/c17-15(12-14-9-4-10-16-14)18-11-5-8-13-6-2-1-3-7-13/h1-3,6-7,14,16H,4-5,8-12H2. The smallest absolute Gasteiger partial charge is 0.307 e. The Labute approximate surface area is 109 Å². The molecule has 3 heteroatoms. The van der Waals surface area contributed by atoms with Crippen LogP contribution in [0.4, 0.5) is 0 Å². The van der Waals surface area contributed by atoms with Crippen LogP contribution in [0, 0.1) is 0 Å². The molecule has 0 spiro atoms. The normalized spacial score (nSPS) is 18.8. The summed E-state index contributed by atoms with van der Waals surface area (Å²) in [6.45, 7) is 1.56. The van der Waals surface area contributed by atoms with Crippen molar-refractivity contribution in [3.05, 3.63) is 35.9 Å². The van der Waals surface area contributed by atoms with Gasteiger partial charge in [-0.3, -0.25) is 4.79 Å². The third-order valence-corrected chi connectivity index (χ3v) is 3.29. The highest BCUT2D eigenvalue weighted by atomic mass is 16.5. The quantitative estimate of drug-likeness (QED) is 0.619. The van der Waals surface area contributed by atoms with E-state index in [-0.39, 0.29) is 5.97 Å². The molecule has 1 aromatic rings. The highest BCUT2D eigenvalue weighted by Crippen LogP contribution is 2.09. The van der Waals surface area contributed by atoms with Gasteiger partial charge in [0.2, 0.25) is 0 Å². The number of benzene rings is 1. The Morgan fingerprint density at radius 1 is 1.33 bits per heavy atom. The van der Waals surface area contributed by atoms with E-state index in [1.54, 1.807) is 0 Å². The van der Waals surface area contributed by atoms with Crippen LogP contribution in [0.25, 0.3) is 0 Å². The fraction of sp³-hybridized carbons (Fsp3) is 0.533. The van der Waals surface area contributed by atoms with Crippen molar-refractivity contribution in [2.75, 3.05) is 13.2 Å². The van der Waals surface area contributed by atoms with Crippen molar-refractivity contribution in [1.29, 1.82) is 0 Å². The van der Waals surface area contributed by atoms with Crippen molar-refractivity contribution in [1.82, 2.24) is 5.32 Å². The first-order chi connectivity index (χ1) is 8.84. The average Bonchev–Trinajstić information content (AvgIpc) is 2.89.